The predicted molar refractivity (Wildman–Crippen MR) is 125 cm³/mol. The molecule has 0 saturated carbocycles. The molecule has 1 aromatic carbocycles. The Morgan fingerprint density at radius 1 is 1.36 bits per heavy atom. The van der Waals surface area contributed by atoms with Crippen molar-refractivity contribution in [2.45, 2.75) is 44.7 Å². The van der Waals surface area contributed by atoms with E-state index in [9.17, 15) is 23.2 Å². The third-order valence-electron chi connectivity index (χ3n) is 6.48. The number of benzene rings is 1. The quantitative estimate of drug-likeness (QED) is 0.415. The molecule has 1 fully saturated rings. The second-order valence-corrected chi connectivity index (χ2v) is 8.98. The molecule has 1 amide bonds. The first-order valence-electron chi connectivity index (χ1n) is 11.4. The summed E-state index contributed by atoms with van der Waals surface area (Å²) in [5, 5.41) is 23.1. The number of halogens is 3. The van der Waals surface area contributed by atoms with Crippen LogP contribution in [0.1, 0.15) is 41.8 Å². The Kier molecular flexibility index (Phi) is 6.99. The number of aromatic nitrogens is 3. The monoisotopic (exact) mass is 498 g/mol. The van der Waals surface area contributed by atoms with Crippen molar-refractivity contribution < 1.29 is 22.7 Å². The minimum atomic E-state index is -2.96. The molecule has 2 atom stereocenters. The van der Waals surface area contributed by atoms with Crippen molar-refractivity contribution in [3.63, 3.8) is 0 Å². The number of likely N-dealkylation sites (tertiary alicyclic amines) is 1. The summed E-state index contributed by atoms with van der Waals surface area (Å²) in [5.74, 6) is -4.17. The van der Waals surface area contributed by atoms with Gasteiger partial charge in [0.15, 0.2) is 18.2 Å². The van der Waals surface area contributed by atoms with E-state index in [1.54, 1.807) is 35.6 Å². The minimum Gasteiger partial charge on any atom is -0.619 e. The molecule has 0 bridgehead atoms. The lowest BCUT2D eigenvalue weighted by atomic mass is 9.87. The van der Waals surface area contributed by atoms with Crippen molar-refractivity contribution >= 4 is 11.7 Å². The number of carbonyl (C=O) groups is 1. The number of pyridine rings is 1. The van der Waals surface area contributed by atoms with Gasteiger partial charge in [-0.2, -0.15) is 9.99 Å². The van der Waals surface area contributed by atoms with Crippen LogP contribution >= 0.6 is 0 Å². The lowest BCUT2D eigenvalue weighted by Crippen LogP contribution is -2.52. The topological polar surface area (TPSA) is 101 Å². The highest BCUT2D eigenvalue weighted by Crippen LogP contribution is 2.40. The molecule has 1 saturated heterocycles. The van der Waals surface area contributed by atoms with E-state index in [-0.39, 0.29) is 31.0 Å². The fraction of sp³-hybridized carbons (Fsp3) is 0.360. The zero-order valence-corrected chi connectivity index (χ0v) is 19.8. The van der Waals surface area contributed by atoms with E-state index in [0.29, 0.717) is 21.7 Å². The molecule has 188 valence electrons. The molecule has 0 spiro atoms. The van der Waals surface area contributed by atoms with Gasteiger partial charge in [0.2, 0.25) is 5.91 Å². The van der Waals surface area contributed by atoms with Crippen LogP contribution < -0.4 is 10.0 Å². The Bertz CT molecular complexity index is 1300. The maximum absolute atomic E-state index is 14.7. The van der Waals surface area contributed by atoms with Crippen LogP contribution in [0.15, 0.2) is 48.9 Å². The molecule has 0 radical (unpaired) electrons. The number of imidazole rings is 1. The number of nitrogens with one attached hydrogen (secondary N) is 1. The summed E-state index contributed by atoms with van der Waals surface area (Å²) in [4.78, 5) is 19.0. The Labute approximate surface area is 206 Å². The van der Waals surface area contributed by atoms with E-state index in [2.05, 4.69) is 10.3 Å². The molecule has 3 aromatic rings. The van der Waals surface area contributed by atoms with Crippen LogP contribution in [0.4, 0.5) is 19.0 Å². The van der Waals surface area contributed by atoms with Gasteiger partial charge in [0.1, 0.15) is 11.6 Å². The molecule has 36 heavy (non-hydrogen) atoms. The van der Waals surface area contributed by atoms with Crippen LogP contribution in [-0.4, -0.2) is 45.4 Å². The van der Waals surface area contributed by atoms with Crippen molar-refractivity contribution in [3.8, 4) is 6.07 Å². The van der Waals surface area contributed by atoms with Crippen LogP contribution in [0.5, 0.6) is 0 Å². The lowest BCUT2D eigenvalue weighted by molar-refractivity contribution is -0.605. The molecule has 1 aliphatic rings. The molecule has 0 aliphatic carbocycles. The normalized spacial score (nSPS) is 18.4. The number of hydrogen-bond donors (Lipinski definition) is 1. The van der Waals surface area contributed by atoms with Gasteiger partial charge in [-0.15, -0.1) is 0 Å². The first-order valence-corrected chi connectivity index (χ1v) is 11.4. The van der Waals surface area contributed by atoms with Crippen LogP contribution in [0.3, 0.4) is 0 Å². The number of carbonyl (C=O) groups excluding carboxylic acids is 1. The zero-order chi connectivity index (χ0) is 26.0. The lowest BCUT2D eigenvalue weighted by Gasteiger charge is -2.40. The van der Waals surface area contributed by atoms with Gasteiger partial charge in [-0.25, -0.2) is 18.2 Å². The second-order valence-electron chi connectivity index (χ2n) is 8.98. The third kappa shape index (κ3) is 5.49. The molecular formula is C25H25F3N6O2. The third-order valence-corrected chi connectivity index (χ3v) is 6.48. The molecular weight excluding hydrogens is 473 g/mol. The van der Waals surface area contributed by atoms with Gasteiger partial charge in [0, 0.05) is 44.4 Å². The number of hydrogen-bond acceptors (Lipinski definition) is 5. The van der Waals surface area contributed by atoms with Gasteiger partial charge in [0.05, 0.1) is 23.6 Å². The summed E-state index contributed by atoms with van der Waals surface area (Å²) >= 11 is 0. The van der Waals surface area contributed by atoms with Crippen LogP contribution in [0, 0.1) is 29.3 Å². The zero-order valence-electron chi connectivity index (χ0n) is 19.8. The summed E-state index contributed by atoms with van der Waals surface area (Å²) in [5.41, 5.74) is 1.12. The molecule has 1 N–H and O–H groups in total. The number of rotatable bonds is 6. The van der Waals surface area contributed by atoms with Gasteiger partial charge in [-0.1, -0.05) is 0 Å². The number of nitrogens with zero attached hydrogens (tertiary/aromatic N) is 5. The molecule has 1 aliphatic heterocycles. The Morgan fingerprint density at radius 3 is 2.78 bits per heavy atom. The highest BCUT2D eigenvalue weighted by molar-refractivity contribution is 5.93. The number of piperidine rings is 1. The summed E-state index contributed by atoms with van der Waals surface area (Å²) in [6.07, 6.45) is 3.56. The van der Waals surface area contributed by atoms with E-state index in [1.165, 1.54) is 30.6 Å². The van der Waals surface area contributed by atoms with Gasteiger partial charge >= 0.3 is 0 Å². The number of nitriles is 1. The fourth-order valence-electron chi connectivity index (χ4n) is 4.41. The molecule has 8 nitrogen and oxygen atoms in total. The van der Waals surface area contributed by atoms with E-state index in [4.69, 9.17) is 5.26 Å². The van der Waals surface area contributed by atoms with Crippen molar-refractivity contribution in [2.24, 2.45) is 0 Å². The van der Waals surface area contributed by atoms with Crippen molar-refractivity contribution in [2.75, 3.05) is 18.4 Å². The van der Waals surface area contributed by atoms with Crippen molar-refractivity contribution in [3.05, 3.63) is 82.5 Å². The van der Waals surface area contributed by atoms with Gasteiger partial charge in [-0.3, -0.25) is 9.69 Å². The highest BCUT2D eigenvalue weighted by atomic mass is 19.3. The number of amides is 1. The van der Waals surface area contributed by atoms with Crippen LogP contribution in [0.2, 0.25) is 0 Å². The summed E-state index contributed by atoms with van der Waals surface area (Å²) in [7, 11) is 0. The number of aryl methyl sites for hydroxylation is 1. The van der Waals surface area contributed by atoms with Crippen molar-refractivity contribution in [1.82, 2.24) is 14.5 Å². The Hall–Kier alpha value is -3.91. The van der Waals surface area contributed by atoms with E-state index in [1.807, 2.05) is 6.07 Å². The molecule has 0 unspecified atom stereocenters. The van der Waals surface area contributed by atoms with E-state index in [0.717, 1.165) is 6.07 Å². The van der Waals surface area contributed by atoms with Gasteiger partial charge in [0.25, 0.3) is 5.92 Å². The predicted octanol–water partition coefficient (Wildman–Crippen LogP) is 3.34. The fourth-order valence-corrected chi connectivity index (χ4v) is 4.41. The van der Waals surface area contributed by atoms with Crippen LogP contribution in [-0.2, 0) is 11.3 Å². The molecule has 2 aromatic heterocycles. The summed E-state index contributed by atoms with van der Waals surface area (Å²) < 4.78 is 45.4. The summed E-state index contributed by atoms with van der Waals surface area (Å²) in [6.45, 7) is 3.62. The first-order chi connectivity index (χ1) is 17.1. The Balaban J connectivity index is 1.44. The maximum atomic E-state index is 14.7. The van der Waals surface area contributed by atoms with E-state index < -0.39 is 36.0 Å². The molecule has 4 rings (SSSR count). The minimum absolute atomic E-state index is 0.0424. The van der Waals surface area contributed by atoms with Crippen molar-refractivity contribution in [1.29, 1.82) is 5.26 Å². The second kappa shape index (κ2) is 9.99. The first kappa shape index (κ1) is 25.2. The van der Waals surface area contributed by atoms with Crippen LogP contribution in [0.25, 0.3) is 0 Å². The number of anilines is 1. The Morgan fingerprint density at radius 2 is 2.08 bits per heavy atom. The molecule has 11 heteroatoms. The standard InChI is InChI=1S/C25H25F3N6O2/c1-16(32-8-5-25(27,28)22(14-32)20-3-6-34(36)7-4-20)24(35)31-23-15-33(17(2)30-23)13-19-9-18(12-29)10-21(26)11-19/h3-4,6-7,9-11,15-16,22H,5,8,13-14H2,1-2H3,(H,31,35)/t16-,22+/m0/s1. The number of alkyl halides is 2. The van der Waals surface area contributed by atoms with E-state index >= 15 is 0 Å². The van der Waals surface area contributed by atoms with Gasteiger partial charge < -0.3 is 15.1 Å². The van der Waals surface area contributed by atoms with Gasteiger partial charge in [-0.05, 0) is 43.2 Å². The average molecular weight is 499 g/mol. The largest absolute Gasteiger partial charge is 0.619 e. The highest BCUT2D eigenvalue weighted by Gasteiger charge is 2.46. The summed E-state index contributed by atoms with van der Waals surface area (Å²) in [6, 6.07) is 8.03. The average Bonchev–Trinajstić information content (AvgIpc) is 3.16. The SMILES string of the molecule is Cc1nc(NC(=O)[C@H](C)N2CCC(F)(F)[C@@H](c3cc[n+]([O-])cc3)C2)cn1Cc1cc(F)cc(C#N)c1. The maximum Gasteiger partial charge on any atom is 0.257 e. The molecule has 3 heterocycles. The smallest absolute Gasteiger partial charge is 0.257 e.